The van der Waals surface area contributed by atoms with Crippen molar-refractivity contribution in [1.29, 1.82) is 0 Å². The van der Waals surface area contributed by atoms with E-state index >= 15 is 0 Å². The third kappa shape index (κ3) is 1.98. The van der Waals surface area contributed by atoms with Gasteiger partial charge in [-0.1, -0.05) is 24.4 Å². The van der Waals surface area contributed by atoms with Gasteiger partial charge < -0.3 is 9.80 Å². The summed E-state index contributed by atoms with van der Waals surface area (Å²) in [4.78, 5) is 20.7. The Hall–Kier alpha value is -1.29. The fourth-order valence-electron chi connectivity index (χ4n) is 3.24. The normalized spacial score (nSPS) is 23.9. The number of pyridine rings is 1. The fourth-order valence-corrected chi connectivity index (χ4v) is 3.39. The lowest BCUT2D eigenvalue weighted by atomic mass is 10.1. The van der Waals surface area contributed by atoms with Crippen molar-refractivity contribution < 1.29 is 4.79 Å². The Balaban J connectivity index is 2.10. The van der Waals surface area contributed by atoms with Crippen molar-refractivity contribution in [2.45, 2.75) is 44.7 Å². The van der Waals surface area contributed by atoms with Crippen molar-refractivity contribution in [3.8, 4) is 0 Å². The molecule has 4 nitrogen and oxygen atoms in total. The number of likely N-dealkylation sites (N-methyl/N-ethyl adjacent to an activating group) is 1. The lowest BCUT2D eigenvalue weighted by molar-refractivity contribution is -0.119. The van der Waals surface area contributed by atoms with Gasteiger partial charge in [0.05, 0.1) is 5.69 Å². The van der Waals surface area contributed by atoms with Crippen LogP contribution in [0.2, 0.25) is 5.15 Å². The Morgan fingerprint density at radius 2 is 2.00 bits per heavy atom. The Bertz CT molecular complexity index is 513. The summed E-state index contributed by atoms with van der Waals surface area (Å²) in [5, 5.41) is 0.483. The van der Waals surface area contributed by atoms with E-state index in [1.54, 1.807) is 18.0 Å². The van der Waals surface area contributed by atoms with Crippen molar-refractivity contribution in [2.24, 2.45) is 0 Å². The van der Waals surface area contributed by atoms with Gasteiger partial charge in [-0.3, -0.25) is 4.79 Å². The van der Waals surface area contributed by atoms with Crippen molar-refractivity contribution >= 4 is 29.0 Å². The number of amides is 1. The molecule has 0 saturated heterocycles. The van der Waals surface area contributed by atoms with Crippen LogP contribution in [0.15, 0.2) is 12.1 Å². The number of rotatable bonds is 1. The monoisotopic (exact) mass is 279 g/mol. The maximum absolute atomic E-state index is 12.4. The molecule has 19 heavy (non-hydrogen) atoms. The molecule has 2 heterocycles. The van der Waals surface area contributed by atoms with Crippen LogP contribution in [0.25, 0.3) is 0 Å². The minimum absolute atomic E-state index is 0.128. The van der Waals surface area contributed by atoms with E-state index in [9.17, 15) is 4.79 Å². The number of hydrogen-bond donors (Lipinski definition) is 0. The minimum atomic E-state index is -0.161. The van der Waals surface area contributed by atoms with Crippen LogP contribution >= 0.6 is 11.6 Å². The highest BCUT2D eigenvalue weighted by Crippen LogP contribution is 2.39. The maximum Gasteiger partial charge on any atom is 0.249 e. The van der Waals surface area contributed by atoms with E-state index in [1.165, 1.54) is 12.8 Å². The molecule has 1 aliphatic carbocycles. The van der Waals surface area contributed by atoms with Gasteiger partial charge in [-0.15, -0.1) is 0 Å². The number of hydrogen-bond acceptors (Lipinski definition) is 3. The molecule has 0 radical (unpaired) electrons. The van der Waals surface area contributed by atoms with Crippen LogP contribution in [0.3, 0.4) is 0 Å². The van der Waals surface area contributed by atoms with Crippen LogP contribution in [0.4, 0.5) is 11.5 Å². The van der Waals surface area contributed by atoms with Gasteiger partial charge in [-0.2, -0.15) is 0 Å². The standard InChI is InChI=1S/C14H18ClN3O/c1-9-14(19)17(2)11-7-8-12(15)16-13(11)18(9)10-5-3-4-6-10/h7-10H,3-6H2,1-2H3. The molecule has 0 bridgehead atoms. The van der Waals surface area contributed by atoms with E-state index in [0.29, 0.717) is 11.2 Å². The first-order chi connectivity index (χ1) is 9.09. The number of halogens is 1. The summed E-state index contributed by atoms with van der Waals surface area (Å²) in [6.45, 7) is 1.96. The molecule has 0 N–H and O–H groups in total. The summed E-state index contributed by atoms with van der Waals surface area (Å²) >= 11 is 6.04. The molecule has 1 aliphatic heterocycles. The van der Waals surface area contributed by atoms with Crippen LogP contribution < -0.4 is 9.80 Å². The second kappa shape index (κ2) is 4.67. The van der Waals surface area contributed by atoms with Gasteiger partial charge in [0.15, 0.2) is 5.82 Å². The zero-order chi connectivity index (χ0) is 13.6. The number of nitrogens with zero attached hydrogens (tertiary/aromatic N) is 3. The quantitative estimate of drug-likeness (QED) is 0.742. The van der Waals surface area contributed by atoms with E-state index in [0.717, 1.165) is 24.3 Å². The predicted octanol–water partition coefficient (Wildman–Crippen LogP) is 2.85. The molecule has 1 amide bonds. The molecule has 2 aliphatic rings. The lowest BCUT2D eigenvalue weighted by Crippen LogP contribution is -2.54. The molecule has 1 saturated carbocycles. The second-order valence-electron chi connectivity index (χ2n) is 5.40. The third-order valence-electron chi connectivity index (χ3n) is 4.25. The van der Waals surface area contributed by atoms with Gasteiger partial charge >= 0.3 is 0 Å². The van der Waals surface area contributed by atoms with Gasteiger partial charge in [0.2, 0.25) is 5.91 Å². The van der Waals surface area contributed by atoms with Gasteiger partial charge in [-0.25, -0.2) is 4.98 Å². The fraction of sp³-hybridized carbons (Fsp3) is 0.571. The third-order valence-corrected chi connectivity index (χ3v) is 4.46. The molecule has 3 rings (SSSR count). The van der Waals surface area contributed by atoms with Crippen molar-refractivity contribution in [3.05, 3.63) is 17.3 Å². The minimum Gasteiger partial charge on any atom is -0.340 e. The highest BCUT2D eigenvalue weighted by molar-refractivity contribution is 6.29. The average Bonchev–Trinajstić information content (AvgIpc) is 2.90. The molecule has 1 atom stereocenters. The summed E-state index contributed by atoms with van der Waals surface area (Å²) in [5.74, 6) is 0.984. The van der Waals surface area contributed by atoms with Crippen LogP contribution in [0, 0.1) is 0 Å². The summed E-state index contributed by atoms with van der Waals surface area (Å²) in [6.07, 6.45) is 4.73. The topological polar surface area (TPSA) is 36.4 Å². The Morgan fingerprint density at radius 3 is 2.68 bits per heavy atom. The molecule has 0 aromatic carbocycles. The second-order valence-corrected chi connectivity index (χ2v) is 5.78. The zero-order valence-corrected chi connectivity index (χ0v) is 12.0. The Kier molecular flexibility index (Phi) is 3.13. The Labute approximate surface area is 118 Å². The SMILES string of the molecule is CC1C(=O)N(C)c2ccc(Cl)nc2N1C1CCCC1. The maximum atomic E-state index is 12.4. The number of fused-ring (bicyclic) bond motifs is 1. The molecular weight excluding hydrogens is 262 g/mol. The van der Waals surface area contributed by atoms with E-state index in [1.807, 2.05) is 13.0 Å². The number of anilines is 2. The van der Waals surface area contributed by atoms with Crippen LogP contribution in [-0.4, -0.2) is 30.0 Å². The highest BCUT2D eigenvalue weighted by Gasteiger charge is 2.39. The van der Waals surface area contributed by atoms with Crippen LogP contribution in [0.5, 0.6) is 0 Å². The van der Waals surface area contributed by atoms with E-state index in [4.69, 9.17) is 11.6 Å². The molecule has 1 fully saturated rings. The zero-order valence-electron chi connectivity index (χ0n) is 11.3. The molecule has 1 aromatic heterocycles. The Morgan fingerprint density at radius 1 is 1.32 bits per heavy atom. The number of carbonyl (C=O) groups excluding carboxylic acids is 1. The molecule has 5 heteroatoms. The first-order valence-corrected chi connectivity index (χ1v) is 7.20. The molecular formula is C14H18ClN3O. The van der Waals surface area contributed by atoms with Gasteiger partial charge in [0.1, 0.15) is 11.2 Å². The lowest BCUT2D eigenvalue weighted by Gasteiger charge is -2.42. The van der Waals surface area contributed by atoms with Gasteiger partial charge in [0.25, 0.3) is 0 Å². The molecule has 0 spiro atoms. The first kappa shape index (κ1) is 12.7. The number of aromatic nitrogens is 1. The van der Waals surface area contributed by atoms with E-state index in [-0.39, 0.29) is 11.9 Å². The predicted molar refractivity (Wildman–Crippen MR) is 76.9 cm³/mol. The molecule has 1 aromatic rings. The van der Waals surface area contributed by atoms with Gasteiger partial charge in [-0.05, 0) is 31.9 Å². The van der Waals surface area contributed by atoms with E-state index in [2.05, 4.69) is 9.88 Å². The van der Waals surface area contributed by atoms with E-state index < -0.39 is 0 Å². The van der Waals surface area contributed by atoms with Crippen LogP contribution in [-0.2, 0) is 4.79 Å². The summed E-state index contributed by atoms with van der Waals surface area (Å²) in [6, 6.07) is 3.88. The van der Waals surface area contributed by atoms with Crippen LogP contribution in [0.1, 0.15) is 32.6 Å². The molecule has 1 unspecified atom stereocenters. The summed E-state index contributed by atoms with van der Waals surface area (Å²) in [7, 11) is 1.80. The number of carbonyl (C=O) groups is 1. The largest absolute Gasteiger partial charge is 0.340 e. The van der Waals surface area contributed by atoms with Gasteiger partial charge in [0, 0.05) is 13.1 Å². The van der Waals surface area contributed by atoms with Crippen molar-refractivity contribution in [1.82, 2.24) is 4.98 Å². The van der Waals surface area contributed by atoms with Crippen molar-refractivity contribution in [3.63, 3.8) is 0 Å². The average molecular weight is 280 g/mol. The summed E-state index contributed by atoms with van der Waals surface area (Å²) < 4.78 is 0. The first-order valence-electron chi connectivity index (χ1n) is 6.82. The highest BCUT2D eigenvalue weighted by atomic mass is 35.5. The summed E-state index contributed by atoms with van der Waals surface area (Å²) in [5.41, 5.74) is 0.861. The van der Waals surface area contributed by atoms with Crippen molar-refractivity contribution in [2.75, 3.05) is 16.8 Å². The molecule has 102 valence electrons. The smallest absolute Gasteiger partial charge is 0.249 e.